The minimum Gasteiger partial charge on any atom is -0.508 e. The Balaban J connectivity index is 1.28. The van der Waals surface area contributed by atoms with Crippen LogP contribution in [0.15, 0.2) is 53.6 Å². The molecule has 11 heteroatoms. The molecule has 2 aliphatic heterocycles. The van der Waals surface area contributed by atoms with Crippen LogP contribution in [0.1, 0.15) is 30.4 Å². The summed E-state index contributed by atoms with van der Waals surface area (Å²) in [5.74, 6) is 2.09. The molecule has 0 saturated carbocycles. The second kappa shape index (κ2) is 12.1. The van der Waals surface area contributed by atoms with E-state index in [9.17, 15) is 9.90 Å². The van der Waals surface area contributed by atoms with Crippen LogP contribution in [0.4, 0.5) is 15.9 Å². The third-order valence-electron chi connectivity index (χ3n) is 8.93. The number of hydrogen-bond donors (Lipinski definition) is 2. The van der Waals surface area contributed by atoms with Gasteiger partial charge in [-0.2, -0.15) is 9.97 Å². The van der Waals surface area contributed by atoms with E-state index in [0.717, 1.165) is 29.7 Å². The molecule has 2 aromatic heterocycles. The first kappa shape index (κ1) is 29.7. The van der Waals surface area contributed by atoms with Gasteiger partial charge in [0, 0.05) is 46.3 Å². The van der Waals surface area contributed by atoms with Crippen LogP contribution >= 0.6 is 11.8 Å². The van der Waals surface area contributed by atoms with Crippen LogP contribution in [0.5, 0.6) is 11.8 Å². The number of benzene rings is 2. The van der Waals surface area contributed by atoms with Crippen LogP contribution < -0.4 is 15.0 Å². The van der Waals surface area contributed by atoms with Gasteiger partial charge in [0.05, 0.1) is 18.5 Å². The van der Waals surface area contributed by atoms with Gasteiger partial charge in [-0.05, 0) is 61.1 Å². The Hall–Kier alpha value is -4.95. The molecular weight excluding hydrogens is 603 g/mol. The number of phenolic OH excluding ortho intramolecular Hbond substituents is 1. The number of hydrogen-bond acceptors (Lipinski definition) is 8. The van der Waals surface area contributed by atoms with Gasteiger partial charge in [0.15, 0.2) is 24.5 Å². The summed E-state index contributed by atoms with van der Waals surface area (Å²) in [5.41, 5.74) is 3.15. The summed E-state index contributed by atoms with van der Waals surface area (Å²) in [5, 5.41) is 13.8. The summed E-state index contributed by atoms with van der Waals surface area (Å²) >= 11 is 1.61. The Morgan fingerprint density at radius 2 is 2.00 bits per heavy atom. The number of allylic oxidation sites excluding steroid dienone is 2. The molecular formula is C35H32FN6O3S+. The Morgan fingerprint density at radius 3 is 2.72 bits per heavy atom. The van der Waals surface area contributed by atoms with Crippen LogP contribution in [-0.4, -0.2) is 75.3 Å². The predicted octanol–water partition coefficient (Wildman–Crippen LogP) is 5.30. The molecule has 232 valence electrons. The highest BCUT2D eigenvalue weighted by Gasteiger charge is 2.43. The van der Waals surface area contributed by atoms with Crippen molar-refractivity contribution in [1.29, 1.82) is 0 Å². The maximum Gasteiger partial charge on any atom is 0.319 e. The number of pyridine rings is 1. The molecule has 2 saturated heterocycles. The highest BCUT2D eigenvalue weighted by molar-refractivity contribution is 7.98. The van der Waals surface area contributed by atoms with Gasteiger partial charge in [-0.1, -0.05) is 12.0 Å². The Labute approximate surface area is 270 Å². The fourth-order valence-electron chi connectivity index (χ4n) is 6.67. The highest BCUT2D eigenvalue weighted by Crippen LogP contribution is 2.41. The van der Waals surface area contributed by atoms with E-state index in [2.05, 4.69) is 42.4 Å². The first-order valence-corrected chi connectivity index (χ1v) is 16.4. The van der Waals surface area contributed by atoms with Crippen molar-refractivity contribution in [2.24, 2.45) is 0 Å². The van der Waals surface area contributed by atoms with Crippen molar-refractivity contribution in [3.8, 4) is 35.4 Å². The number of aromatic hydroxyl groups is 1. The molecule has 1 amide bonds. The lowest BCUT2D eigenvalue weighted by Crippen LogP contribution is -2.49. The summed E-state index contributed by atoms with van der Waals surface area (Å²) in [4.78, 5) is 29.7. The fourth-order valence-corrected chi connectivity index (χ4v) is 7.08. The van der Waals surface area contributed by atoms with Crippen molar-refractivity contribution in [1.82, 2.24) is 15.0 Å². The van der Waals surface area contributed by atoms with Crippen LogP contribution in [-0.2, 0) is 11.2 Å². The molecule has 9 nitrogen and oxygen atoms in total. The lowest BCUT2D eigenvalue weighted by atomic mass is 9.86. The topological polar surface area (TPSA) is 103 Å². The van der Waals surface area contributed by atoms with E-state index in [1.807, 2.05) is 36.6 Å². The number of halogens is 1. The van der Waals surface area contributed by atoms with Gasteiger partial charge in [-0.25, -0.2) is 8.97 Å². The Morgan fingerprint density at radius 1 is 1.24 bits per heavy atom. The first-order valence-electron chi connectivity index (χ1n) is 15.1. The van der Waals surface area contributed by atoms with E-state index in [-0.39, 0.29) is 41.7 Å². The summed E-state index contributed by atoms with van der Waals surface area (Å²) in [6.45, 7) is 5.16. The van der Waals surface area contributed by atoms with Crippen LogP contribution in [0.2, 0.25) is 0 Å². The zero-order chi connectivity index (χ0) is 31.9. The first-order chi connectivity index (χ1) is 22.3. The number of carbonyl (C=O) groups is 1. The second-order valence-electron chi connectivity index (χ2n) is 11.7. The van der Waals surface area contributed by atoms with Crippen molar-refractivity contribution in [2.75, 3.05) is 36.2 Å². The Bertz CT molecular complexity index is 1960. The number of fused-ring (bicyclic) bond motifs is 4. The smallest absolute Gasteiger partial charge is 0.319 e. The third-order valence-corrected chi connectivity index (χ3v) is 9.67. The van der Waals surface area contributed by atoms with E-state index in [0.29, 0.717) is 53.1 Å². The molecule has 2 bridgehead atoms. The summed E-state index contributed by atoms with van der Waals surface area (Å²) in [6.07, 6.45) is 14.7. The van der Waals surface area contributed by atoms with Crippen molar-refractivity contribution in [3.05, 3.63) is 65.6 Å². The van der Waals surface area contributed by atoms with Gasteiger partial charge >= 0.3 is 6.01 Å². The van der Waals surface area contributed by atoms with E-state index in [4.69, 9.17) is 11.2 Å². The van der Waals surface area contributed by atoms with Crippen molar-refractivity contribution in [2.45, 2.75) is 42.7 Å². The number of ether oxygens (including phenoxy) is 1. The predicted molar refractivity (Wildman–Crippen MR) is 178 cm³/mol. The number of nitrogens with zero attached hydrogens (tertiary/aromatic N) is 5. The van der Waals surface area contributed by atoms with Crippen molar-refractivity contribution >= 4 is 52.4 Å². The van der Waals surface area contributed by atoms with Gasteiger partial charge < -0.3 is 20.1 Å². The lowest BCUT2D eigenvalue weighted by Gasteiger charge is -2.31. The van der Waals surface area contributed by atoms with Crippen molar-refractivity contribution in [3.63, 3.8) is 0 Å². The number of aryl methyl sites for hydroxylation is 1. The number of aromatic nitrogens is 3. The summed E-state index contributed by atoms with van der Waals surface area (Å²) < 4.78 is 24.7. The molecule has 2 N–H and O–H groups in total. The van der Waals surface area contributed by atoms with E-state index in [1.165, 1.54) is 6.07 Å². The SMILES string of the molecule is C#CC1=CCCc2cc(O)cc(-c3ncc4c(N5CC6CCC(C5)[N+]6=C)nc(OCC(=O)Nc5ccc(SC)cc5)nc4c3F)c21. The largest absolute Gasteiger partial charge is 0.508 e. The zero-order valence-corrected chi connectivity index (χ0v) is 26.1. The highest BCUT2D eigenvalue weighted by atomic mass is 32.2. The van der Waals surface area contributed by atoms with Gasteiger partial charge in [0.2, 0.25) is 0 Å². The maximum atomic E-state index is 16.7. The molecule has 4 aromatic rings. The number of nitrogens with one attached hydrogen (secondary N) is 1. The standard InChI is InChI=1S/C35H31FN6O3S/c1-4-20-6-5-7-21-14-25(43)15-27(30(20)21)32-31(36)33-28(16-37-32)34(42-17-23-10-11-24(18-42)41(23)2)40-35(39-33)45-19-29(44)38-22-8-12-26(46-3)13-9-22/h1,6,8-9,12-16,23-24H,2,5,7,10-11,17-19H2,3H3,(H-,38,43,44)/p+1. The number of thioether (sulfide) groups is 1. The molecule has 46 heavy (non-hydrogen) atoms. The molecule has 4 heterocycles. The van der Waals surface area contributed by atoms with Crippen molar-refractivity contribution < 1.29 is 23.6 Å². The Kier molecular flexibility index (Phi) is 7.82. The molecule has 1 aliphatic carbocycles. The van der Waals surface area contributed by atoms with E-state index in [1.54, 1.807) is 24.0 Å². The van der Waals surface area contributed by atoms with E-state index >= 15 is 4.39 Å². The molecule has 2 fully saturated rings. The lowest BCUT2D eigenvalue weighted by molar-refractivity contribution is -0.573. The van der Waals surface area contributed by atoms with Gasteiger partial charge in [-0.3, -0.25) is 9.78 Å². The molecule has 7 rings (SSSR count). The number of terminal acetylenes is 1. The summed E-state index contributed by atoms with van der Waals surface area (Å²) in [6, 6.07) is 10.9. The summed E-state index contributed by atoms with van der Waals surface area (Å²) in [7, 11) is 0. The van der Waals surface area contributed by atoms with Crippen LogP contribution in [0, 0.1) is 18.2 Å². The maximum absolute atomic E-state index is 16.7. The average molecular weight is 636 g/mol. The minimum atomic E-state index is -0.696. The minimum absolute atomic E-state index is 0.00148. The molecule has 3 aliphatic rings. The number of phenols is 1. The van der Waals surface area contributed by atoms with Gasteiger partial charge in [0.1, 0.15) is 29.5 Å². The number of piperazine rings is 1. The number of amides is 1. The van der Waals surface area contributed by atoms with E-state index < -0.39 is 11.7 Å². The average Bonchev–Trinajstić information content (AvgIpc) is 3.25. The quantitative estimate of drug-likeness (QED) is 0.160. The molecule has 2 unspecified atom stereocenters. The zero-order valence-electron chi connectivity index (χ0n) is 25.3. The third kappa shape index (κ3) is 5.43. The fraction of sp³-hybridized carbons (Fsp3) is 0.286. The normalized spacial score (nSPS) is 18.6. The van der Waals surface area contributed by atoms with Gasteiger partial charge in [-0.15, -0.1) is 18.2 Å². The number of anilines is 2. The van der Waals surface area contributed by atoms with Crippen LogP contribution in [0.25, 0.3) is 27.7 Å². The molecule has 0 radical (unpaired) electrons. The molecule has 2 aromatic carbocycles. The van der Waals surface area contributed by atoms with Gasteiger partial charge in [0.25, 0.3) is 5.91 Å². The monoisotopic (exact) mass is 635 g/mol. The number of carbonyl (C=O) groups excluding carboxylic acids is 1. The molecule has 0 spiro atoms. The second-order valence-corrected chi connectivity index (χ2v) is 12.6. The molecule has 2 atom stereocenters. The van der Waals surface area contributed by atoms with Crippen LogP contribution in [0.3, 0.4) is 0 Å². The number of rotatable bonds is 7.